The van der Waals surface area contributed by atoms with E-state index in [9.17, 15) is 0 Å². The summed E-state index contributed by atoms with van der Waals surface area (Å²) in [4.78, 5) is 1.22. The van der Waals surface area contributed by atoms with Crippen molar-refractivity contribution in [3.05, 3.63) is 35.7 Å². The highest BCUT2D eigenvalue weighted by Gasteiger charge is 2.09. The molecule has 0 spiro atoms. The zero-order valence-electron chi connectivity index (χ0n) is 10.3. The molecule has 1 N–H and O–H groups in total. The highest BCUT2D eigenvalue weighted by molar-refractivity contribution is 7.99. The number of nitrogens with one attached hydrogen (secondary N) is 1. The van der Waals surface area contributed by atoms with Crippen LogP contribution in [0.2, 0.25) is 0 Å². The van der Waals surface area contributed by atoms with Gasteiger partial charge in [0, 0.05) is 18.5 Å². The van der Waals surface area contributed by atoms with Crippen LogP contribution in [0.15, 0.2) is 34.3 Å². The maximum atomic E-state index is 4.17. The van der Waals surface area contributed by atoms with Crippen molar-refractivity contribution < 1.29 is 0 Å². The van der Waals surface area contributed by atoms with E-state index in [1.807, 2.05) is 31.7 Å². The molecule has 0 unspecified atom stereocenters. The summed E-state index contributed by atoms with van der Waals surface area (Å²) >= 11 is 1.65. The summed E-state index contributed by atoms with van der Waals surface area (Å²) in [6.07, 6.45) is 0. The number of rotatable bonds is 4. The number of aryl methyl sites for hydroxylation is 1. The summed E-state index contributed by atoms with van der Waals surface area (Å²) in [7, 11) is 3.94. The van der Waals surface area contributed by atoms with Crippen molar-refractivity contribution in [3.8, 4) is 0 Å². The molecule has 0 radical (unpaired) electrons. The van der Waals surface area contributed by atoms with Crippen molar-refractivity contribution in [2.45, 2.75) is 23.5 Å². The van der Waals surface area contributed by atoms with E-state index in [4.69, 9.17) is 0 Å². The van der Waals surface area contributed by atoms with E-state index >= 15 is 0 Å². The molecular formula is C12H16N4S. The third-order valence-corrected chi connectivity index (χ3v) is 3.75. The zero-order chi connectivity index (χ0) is 12.3. The Hall–Kier alpha value is -1.33. The average molecular weight is 248 g/mol. The lowest BCUT2D eigenvalue weighted by atomic mass is 10.2. The van der Waals surface area contributed by atoms with Crippen molar-refractivity contribution in [1.29, 1.82) is 0 Å². The summed E-state index contributed by atoms with van der Waals surface area (Å²) in [6.45, 7) is 2.82. The Morgan fingerprint density at radius 2 is 2.06 bits per heavy atom. The summed E-state index contributed by atoms with van der Waals surface area (Å²) in [5.41, 5.74) is 1.28. The van der Waals surface area contributed by atoms with Gasteiger partial charge < -0.3 is 9.88 Å². The fraction of sp³-hybridized carbons (Fsp3) is 0.333. The summed E-state index contributed by atoms with van der Waals surface area (Å²) in [5.74, 6) is 0.929. The van der Waals surface area contributed by atoms with Gasteiger partial charge in [-0.15, -0.1) is 10.2 Å². The van der Waals surface area contributed by atoms with Gasteiger partial charge in [-0.1, -0.05) is 18.2 Å². The Morgan fingerprint density at radius 3 is 2.71 bits per heavy atom. The smallest absolute Gasteiger partial charge is 0.195 e. The SMILES string of the molecule is CNCc1ccccc1Sc1nnc(C)n1C. The number of nitrogens with zero attached hydrogens (tertiary/aromatic N) is 3. The first-order valence-electron chi connectivity index (χ1n) is 5.48. The standard InChI is InChI=1S/C12H16N4S/c1-9-14-15-12(16(9)3)17-11-7-5-4-6-10(11)8-13-2/h4-7,13H,8H2,1-3H3. The molecule has 0 aliphatic carbocycles. The van der Waals surface area contributed by atoms with Crippen LogP contribution < -0.4 is 5.32 Å². The van der Waals surface area contributed by atoms with Crippen LogP contribution in [0.5, 0.6) is 0 Å². The minimum Gasteiger partial charge on any atom is -0.316 e. The van der Waals surface area contributed by atoms with Crippen LogP contribution in [0.4, 0.5) is 0 Å². The molecule has 2 rings (SSSR count). The number of hydrogen-bond donors (Lipinski definition) is 1. The second-order valence-electron chi connectivity index (χ2n) is 3.83. The lowest BCUT2D eigenvalue weighted by Crippen LogP contribution is -2.06. The topological polar surface area (TPSA) is 42.7 Å². The van der Waals surface area contributed by atoms with Crippen LogP contribution in [0.25, 0.3) is 0 Å². The van der Waals surface area contributed by atoms with Crippen molar-refractivity contribution in [2.75, 3.05) is 7.05 Å². The first kappa shape index (κ1) is 12.1. The third-order valence-electron chi connectivity index (χ3n) is 2.59. The average Bonchev–Trinajstić information content (AvgIpc) is 2.64. The molecule has 0 aliphatic heterocycles. The lowest BCUT2D eigenvalue weighted by molar-refractivity contribution is 0.763. The van der Waals surface area contributed by atoms with Gasteiger partial charge in [0.25, 0.3) is 0 Å². The molecular weight excluding hydrogens is 232 g/mol. The molecule has 0 bridgehead atoms. The summed E-state index contributed by atoms with van der Waals surface area (Å²) in [6, 6.07) is 8.34. The molecule has 90 valence electrons. The van der Waals surface area contributed by atoms with Gasteiger partial charge in [0.1, 0.15) is 5.82 Å². The Bertz CT molecular complexity index is 507. The van der Waals surface area contributed by atoms with Crippen molar-refractivity contribution in [1.82, 2.24) is 20.1 Å². The van der Waals surface area contributed by atoms with Gasteiger partial charge in [-0.3, -0.25) is 0 Å². The largest absolute Gasteiger partial charge is 0.316 e. The molecule has 4 nitrogen and oxygen atoms in total. The van der Waals surface area contributed by atoms with Crippen LogP contribution in [-0.2, 0) is 13.6 Å². The normalized spacial score (nSPS) is 10.8. The van der Waals surface area contributed by atoms with E-state index in [1.165, 1.54) is 10.5 Å². The predicted octanol–water partition coefficient (Wildman–Crippen LogP) is 1.99. The molecule has 1 aromatic heterocycles. The highest BCUT2D eigenvalue weighted by Crippen LogP contribution is 2.28. The Kier molecular flexibility index (Phi) is 3.81. The fourth-order valence-electron chi connectivity index (χ4n) is 1.51. The predicted molar refractivity (Wildman–Crippen MR) is 69.1 cm³/mol. The van der Waals surface area contributed by atoms with E-state index in [1.54, 1.807) is 11.8 Å². The third kappa shape index (κ3) is 2.68. The Balaban J connectivity index is 2.26. The van der Waals surface area contributed by atoms with Gasteiger partial charge in [0.15, 0.2) is 5.16 Å². The van der Waals surface area contributed by atoms with Crippen LogP contribution in [0, 0.1) is 6.92 Å². The van der Waals surface area contributed by atoms with Gasteiger partial charge in [-0.2, -0.15) is 0 Å². The molecule has 1 heterocycles. The molecule has 0 saturated heterocycles. The van der Waals surface area contributed by atoms with Gasteiger partial charge >= 0.3 is 0 Å². The van der Waals surface area contributed by atoms with E-state index in [0.717, 1.165) is 17.5 Å². The van der Waals surface area contributed by atoms with E-state index in [0.29, 0.717) is 0 Å². The summed E-state index contributed by atoms with van der Waals surface area (Å²) < 4.78 is 2.00. The lowest BCUT2D eigenvalue weighted by Gasteiger charge is -2.07. The van der Waals surface area contributed by atoms with E-state index < -0.39 is 0 Å². The van der Waals surface area contributed by atoms with Crippen LogP contribution in [0.3, 0.4) is 0 Å². The second-order valence-corrected chi connectivity index (χ2v) is 4.84. The second kappa shape index (κ2) is 5.33. The van der Waals surface area contributed by atoms with Gasteiger partial charge in [-0.05, 0) is 37.4 Å². The van der Waals surface area contributed by atoms with Gasteiger partial charge in [0.2, 0.25) is 0 Å². The van der Waals surface area contributed by atoms with Crippen LogP contribution in [0.1, 0.15) is 11.4 Å². The van der Waals surface area contributed by atoms with Crippen molar-refractivity contribution in [3.63, 3.8) is 0 Å². The van der Waals surface area contributed by atoms with Crippen molar-refractivity contribution in [2.24, 2.45) is 7.05 Å². The maximum absolute atomic E-state index is 4.17. The minimum absolute atomic E-state index is 0.861. The molecule has 0 aliphatic rings. The molecule has 1 aromatic carbocycles. The molecule has 0 fully saturated rings. The maximum Gasteiger partial charge on any atom is 0.195 e. The van der Waals surface area contributed by atoms with Gasteiger partial charge in [-0.25, -0.2) is 0 Å². The Labute approximate surface area is 105 Å². The zero-order valence-corrected chi connectivity index (χ0v) is 11.1. The summed E-state index contributed by atoms with van der Waals surface area (Å²) in [5, 5.41) is 12.3. The molecule has 0 amide bonds. The number of aromatic nitrogens is 3. The van der Waals surface area contributed by atoms with E-state index in [2.05, 4.69) is 33.7 Å². The van der Waals surface area contributed by atoms with Crippen molar-refractivity contribution >= 4 is 11.8 Å². The fourth-order valence-corrected chi connectivity index (χ4v) is 2.48. The van der Waals surface area contributed by atoms with Gasteiger partial charge in [0.05, 0.1) is 0 Å². The monoisotopic (exact) mass is 248 g/mol. The van der Waals surface area contributed by atoms with Crippen LogP contribution >= 0.6 is 11.8 Å². The van der Waals surface area contributed by atoms with Crippen LogP contribution in [-0.4, -0.2) is 21.8 Å². The highest BCUT2D eigenvalue weighted by atomic mass is 32.2. The Morgan fingerprint density at radius 1 is 1.29 bits per heavy atom. The molecule has 0 saturated carbocycles. The first-order chi connectivity index (χ1) is 8.22. The first-order valence-corrected chi connectivity index (χ1v) is 6.30. The number of hydrogen-bond acceptors (Lipinski definition) is 4. The molecule has 2 aromatic rings. The quantitative estimate of drug-likeness (QED) is 0.898. The van der Waals surface area contributed by atoms with E-state index in [-0.39, 0.29) is 0 Å². The minimum atomic E-state index is 0.861. The molecule has 0 atom stereocenters. The number of benzene rings is 1. The molecule has 17 heavy (non-hydrogen) atoms. The molecule has 5 heteroatoms.